The van der Waals surface area contributed by atoms with E-state index in [1.807, 2.05) is 0 Å². The van der Waals surface area contributed by atoms with E-state index in [1.165, 1.54) is 38.5 Å². The molecule has 0 atom stereocenters. The first-order chi connectivity index (χ1) is 6.41. The molecule has 0 unspecified atom stereocenters. The molecule has 1 heteroatoms. The van der Waals surface area contributed by atoms with Crippen LogP contribution in [-0.2, 0) is 4.74 Å². The van der Waals surface area contributed by atoms with Gasteiger partial charge in [0.25, 0.3) is 0 Å². The van der Waals surface area contributed by atoms with E-state index < -0.39 is 0 Å². The van der Waals surface area contributed by atoms with Gasteiger partial charge in [0.1, 0.15) is 0 Å². The van der Waals surface area contributed by atoms with Gasteiger partial charge in [-0.3, -0.25) is 0 Å². The molecule has 0 aliphatic heterocycles. The summed E-state index contributed by atoms with van der Waals surface area (Å²) in [5, 5.41) is 0. The fourth-order valence-corrected chi connectivity index (χ4v) is 1.27. The van der Waals surface area contributed by atoms with E-state index in [0.717, 1.165) is 13.0 Å². The minimum absolute atomic E-state index is 0.889. The number of methoxy groups -OCH3 is 1. The highest BCUT2D eigenvalue weighted by Gasteiger charge is 1.84. The highest BCUT2D eigenvalue weighted by atomic mass is 16.5. The molecule has 0 aliphatic rings. The second-order valence-electron chi connectivity index (χ2n) is 3.46. The van der Waals surface area contributed by atoms with Crippen molar-refractivity contribution in [3.63, 3.8) is 0 Å². The van der Waals surface area contributed by atoms with Crippen LogP contribution in [0.5, 0.6) is 0 Å². The summed E-state index contributed by atoms with van der Waals surface area (Å²) in [6.07, 6.45) is 13.6. The molecule has 0 aromatic rings. The molecular formula is C12H24O. The summed E-state index contributed by atoms with van der Waals surface area (Å²) in [4.78, 5) is 0. The Bertz CT molecular complexity index is 108. The average molecular weight is 184 g/mol. The van der Waals surface area contributed by atoms with Crippen LogP contribution >= 0.6 is 0 Å². The molecule has 0 spiro atoms. The van der Waals surface area contributed by atoms with Crippen molar-refractivity contribution in [1.29, 1.82) is 0 Å². The Hall–Kier alpha value is -0.300. The molecule has 0 amide bonds. The van der Waals surface area contributed by atoms with Crippen LogP contribution in [0.2, 0.25) is 0 Å². The van der Waals surface area contributed by atoms with Gasteiger partial charge in [-0.05, 0) is 25.7 Å². The van der Waals surface area contributed by atoms with E-state index in [2.05, 4.69) is 19.1 Å². The Kier molecular flexibility index (Phi) is 11.4. The van der Waals surface area contributed by atoms with E-state index in [0.29, 0.717) is 0 Å². The van der Waals surface area contributed by atoms with Gasteiger partial charge in [-0.15, -0.1) is 0 Å². The topological polar surface area (TPSA) is 9.23 Å². The van der Waals surface area contributed by atoms with Gasteiger partial charge in [-0.25, -0.2) is 0 Å². The summed E-state index contributed by atoms with van der Waals surface area (Å²) in [5.41, 5.74) is 0. The molecule has 0 aromatic heterocycles. The van der Waals surface area contributed by atoms with Crippen molar-refractivity contribution in [2.24, 2.45) is 0 Å². The molecule has 0 rings (SSSR count). The highest BCUT2D eigenvalue weighted by molar-refractivity contribution is 4.81. The van der Waals surface area contributed by atoms with Crippen molar-refractivity contribution in [3.8, 4) is 0 Å². The third-order valence-corrected chi connectivity index (χ3v) is 2.11. The molecule has 0 aromatic carbocycles. The summed E-state index contributed by atoms with van der Waals surface area (Å²) < 4.78 is 4.97. The monoisotopic (exact) mass is 184 g/mol. The van der Waals surface area contributed by atoms with Gasteiger partial charge in [0.2, 0.25) is 0 Å². The Morgan fingerprint density at radius 1 is 0.923 bits per heavy atom. The predicted octanol–water partition coefficient (Wildman–Crippen LogP) is 3.94. The first-order valence-corrected chi connectivity index (χ1v) is 5.55. The zero-order valence-electron chi connectivity index (χ0n) is 9.22. The van der Waals surface area contributed by atoms with Gasteiger partial charge in [0, 0.05) is 13.7 Å². The molecule has 0 aliphatic carbocycles. The number of hydrogen-bond donors (Lipinski definition) is 0. The molecule has 0 saturated carbocycles. The molecule has 0 heterocycles. The van der Waals surface area contributed by atoms with Gasteiger partial charge in [0.15, 0.2) is 0 Å². The smallest absolute Gasteiger partial charge is 0.0465 e. The normalized spacial score (nSPS) is 11.2. The second-order valence-corrected chi connectivity index (χ2v) is 3.46. The predicted molar refractivity (Wildman–Crippen MR) is 59.0 cm³/mol. The fraction of sp³-hybridized carbons (Fsp3) is 0.833. The summed E-state index contributed by atoms with van der Waals surface area (Å²) in [5.74, 6) is 0. The lowest BCUT2D eigenvalue weighted by Crippen LogP contribution is -1.85. The molecule has 0 N–H and O–H groups in total. The molecule has 0 fully saturated rings. The van der Waals surface area contributed by atoms with Crippen LogP contribution < -0.4 is 0 Å². The fourth-order valence-electron chi connectivity index (χ4n) is 1.27. The van der Waals surface area contributed by atoms with Crippen molar-refractivity contribution in [1.82, 2.24) is 0 Å². The van der Waals surface area contributed by atoms with E-state index in [9.17, 15) is 0 Å². The van der Waals surface area contributed by atoms with Gasteiger partial charge >= 0.3 is 0 Å². The highest BCUT2D eigenvalue weighted by Crippen LogP contribution is 2.03. The summed E-state index contributed by atoms with van der Waals surface area (Å²) in [6.45, 7) is 3.14. The first-order valence-electron chi connectivity index (χ1n) is 5.55. The van der Waals surface area contributed by atoms with Crippen LogP contribution in [0.15, 0.2) is 12.2 Å². The van der Waals surface area contributed by atoms with Crippen LogP contribution in [0.25, 0.3) is 0 Å². The Balaban J connectivity index is 2.95. The summed E-state index contributed by atoms with van der Waals surface area (Å²) in [6, 6.07) is 0. The molecule has 0 saturated heterocycles. The molecule has 0 radical (unpaired) electrons. The number of rotatable bonds is 9. The average Bonchev–Trinajstić information content (AvgIpc) is 2.16. The minimum atomic E-state index is 0.889. The van der Waals surface area contributed by atoms with Gasteiger partial charge in [0.05, 0.1) is 0 Å². The third kappa shape index (κ3) is 11.7. The van der Waals surface area contributed by atoms with Crippen molar-refractivity contribution in [3.05, 3.63) is 12.2 Å². The minimum Gasteiger partial charge on any atom is -0.385 e. The maximum Gasteiger partial charge on any atom is 0.0465 e. The van der Waals surface area contributed by atoms with Crippen LogP contribution in [0.3, 0.4) is 0 Å². The zero-order valence-corrected chi connectivity index (χ0v) is 9.22. The summed E-state index contributed by atoms with van der Waals surface area (Å²) >= 11 is 0. The number of hydrogen-bond acceptors (Lipinski definition) is 1. The lowest BCUT2D eigenvalue weighted by molar-refractivity contribution is 0.196. The Labute approximate surface area is 83.2 Å². The van der Waals surface area contributed by atoms with Gasteiger partial charge in [-0.2, -0.15) is 0 Å². The SMILES string of the molecule is CCCCCC/C=C/CCCOC. The van der Waals surface area contributed by atoms with E-state index in [1.54, 1.807) is 7.11 Å². The quantitative estimate of drug-likeness (QED) is 0.389. The molecule has 13 heavy (non-hydrogen) atoms. The van der Waals surface area contributed by atoms with E-state index >= 15 is 0 Å². The lowest BCUT2D eigenvalue weighted by Gasteiger charge is -1.95. The van der Waals surface area contributed by atoms with Crippen molar-refractivity contribution < 1.29 is 4.74 Å². The Morgan fingerprint density at radius 3 is 2.23 bits per heavy atom. The van der Waals surface area contributed by atoms with Crippen LogP contribution in [0.1, 0.15) is 51.9 Å². The van der Waals surface area contributed by atoms with E-state index in [-0.39, 0.29) is 0 Å². The zero-order chi connectivity index (χ0) is 9.78. The molecular weight excluding hydrogens is 160 g/mol. The van der Waals surface area contributed by atoms with Crippen LogP contribution in [0, 0.1) is 0 Å². The number of allylic oxidation sites excluding steroid dienone is 2. The molecule has 0 bridgehead atoms. The summed E-state index contributed by atoms with van der Waals surface area (Å²) in [7, 11) is 1.76. The maximum absolute atomic E-state index is 4.97. The first kappa shape index (κ1) is 12.7. The molecule has 78 valence electrons. The number of ether oxygens (including phenoxy) is 1. The second kappa shape index (κ2) is 11.7. The van der Waals surface area contributed by atoms with E-state index in [4.69, 9.17) is 4.74 Å². The Morgan fingerprint density at radius 2 is 1.62 bits per heavy atom. The number of unbranched alkanes of at least 4 members (excludes halogenated alkanes) is 5. The van der Waals surface area contributed by atoms with Crippen LogP contribution in [-0.4, -0.2) is 13.7 Å². The van der Waals surface area contributed by atoms with Crippen molar-refractivity contribution in [2.45, 2.75) is 51.9 Å². The maximum atomic E-state index is 4.97. The standard InChI is InChI=1S/C12H24O/c1-3-4-5-6-7-8-9-10-11-12-13-2/h8-9H,3-7,10-12H2,1-2H3/b9-8+. The largest absolute Gasteiger partial charge is 0.385 e. The van der Waals surface area contributed by atoms with Gasteiger partial charge in [-0.1, -0.05) is 38.3 Å². The lowest BCUT2D eigenvalue weighted by atomic mass is 10.1. The molecule has 1 nitrogen and oxygen atoms in total. The third-order valence-electron chi connectivity index (χ3n) is 2.11. The van der Waals surface area contributed by atoms with Gasteiger partial charge < -0.3 is 4.74 Å². The van der Waals surface area contributed by atoms with Crippen molar-refractivity contribution in [2.75, 3.05) is 13.7 Å². The van der Waals surface area contributed by atoms with Crippen LogP contribution in [0.4, 0.5) is 0 Å². The van der Waals surface area contributed by atoms with Crippen molar-refractivity contribution >= 4 is 0 Å².